The molecule has 1 aliphatic rings. The van der Waals surface area contributed by atoms with Crippen LogP contribution in [0.3, 0.4) is 0 Å². The van der Waals surface area contributed by atoms with Gasteiger partial charge in [0.15, 0.2) is 0 Å². The summed E-state index contributed by atoms with van der Waals surface area (Å²) in [5, 5.41) is 30.3. The van der Waals surface area contributed by atoms with E-state index in [1.54, 1.807) is 11.6 Å². The molecule has 0 radical (unpaired) electrons. The van der Waals surface area contributed by atoms with Gasteiger partial charge in [-0.25, -0.2) is 4.68 Å². The van der Waals surface area contributed by atoms with Crippen molar-refractivity contribution in [3.63, 3.8) is 0 Å². The van der Waals surface area contributed by atoms with Crippen molar-refractivity contribution < 1.29 is 14.9 Å². The highest BCUT2D eigenvalue weighted by atomic mass is 16.5. The molecule has 1 fully saturated rings. The zero-order valence-corrected chi connectivity index (χ0v) is 22.0. The molecule has 0 aliphatic carbocycles. The number of fused-ring (bicyclic) bond motifs is 3. The molecule has 1 saturated heterocycles. The van der Waals surface area contributed by atoms with E-state index in [4.69, 9.17) is 9.72 Å². The molecule has 2 N–H and O–H groups in total. The van der Waals surface area contributed by atoms with E-state index in [2.05, 4.69) is 45.2 Å². The number of hydrogen-bond acceptors (Lipinski definition) is 6. The molecule has 2 atom stereocenters. The van der Waals surface area contributed by atoms with Crippen LogP contribution >= 0.6 is 0 Å². The summed E-state index contributed by atoms with van der Waals surface area (Å²) < 4.78 is 9.93. The maximum atomic E-state index is 10.9. The molecule has 4 heterocycles. The average Bonchev–Trinajstić information content (AvgIpc) is 3.45. The summed E-state index contributed by atoms with van der Waals surface area (Å²) in [4.78, 5) is 4.98. The fraction of sp³-hybridized carbons (Fsp3) is 0.367. The lowest BCUT2D eigenvalue weighted by atomic mass is 9.86. The quantitative estimate of drug-likeness (QED) is 0.348. The second-order valence-electron chi connectivity index (χ2n) is 10.6. The molecule has 0 bridgehead atoms. The van der Waals surface area contributed by atoms with Gasteiger partial charge >= 0.3 is 0 Å². The van der Waals surface area contributed by atoms with E-state index in [1.165, 1.54) is 5.56 Å². The Balaban J connectivity index is 1.69. The largest absolute Gasteiger partial charge is 0.393 e. The lowest BCUT2D eigenvalue weighted by Crippen LogP contribution is -2.27. The van der Waals surface area contributed by atoms with Gasteiger partial charge in [-0.1, -0.05) is 47.7 Å². The highest BCUT2D eigenvalue weighted by molar-refractivity contribution is 6.07. The molecule has 3 aromatic heterocycles. The summed E-state index contributed by atoms with van der Waals surface area (Å²) in [6, 6.07) is 18.8. The van der Waals surface area contributed by atoms with Crippen molar-refractivity contribution >= 4 is 21.9 Å². The van der Waals surface area contributed by atoms with Crippen LogP contribution in [0.1, 0.15) is 42.6 Å². The number of benzene rings is 2. The van der Waals surface area contributed by atoms with Gasteiger partial charge in [0.25, 0.3) is 0 Å². The first-order chi connectivity index (χ1) is 18.4. The maximum Gasteiger partial charge on any atom is 0.110 e. The van der Waals surface area contributed by atoms with Crippen LogP contribution in [0.25, 0.3) is 33.2 Å². The highest BCUT2D eigenvalue weighted by Crippen LogP contribution is 2.42. The lowest BCUT2D eigenvalue weighted by Gasteiger charge is -2.33. The van der Waals surface area contributed by atoms with Crippen molar-refractivity contribution in [2.24, 2.45) is 13.0 Å². The Morgan fingerprint density at radius 2 is 1.84 bits per heavy atom. The minimum atomic E-state index is -1.35. The van der Waals surface area contributed by atoms with Crippen molar-refractivity contribution in [3.05, 3.63) is 77.6 Å². The molecule has 0 amide bonds. The van der Waals surface area contributed by atoms with Crippen LogP contribution in [0.2, 0.25) is 0 Å². The summed E-state index contributed by atoms with van der Waals surface area (Å²) in [5.74, 6) is 0.357. The molecule has 196 valence electrons. The molecule has 1 aliphatic heterocycles. The van der Waals surface area contributed by atoms with Crippen LogP contribution in [0, 0.1) is 12.8 Å². The minimum Gasteiger partial charge on any atom is -0.393 e. The predicted octanol–water partition coefficient (Wildman–Crippen LogP) is 4.51. The number of ether oxygens (including phenoxy) is 1. The highest BCUT2D eigenvalue weighted by Gasteiger charge is 2.31. The van der Waals surface area contributed by atoms with E-state index in [0.717, 1.165) is 64.9 Å². The first-order valence-corrected chi connectivity index (χ1v) is 13.2. The third-order valence-electron chi connectivity index (χ3n) is 7.97. The second-order valence-corrected chi connectivity index (χ2v) is 10.6. The average molecular weight is 512 g/mol. The first kappa shape index (κ1) is 24.7. The van der Waals surface area contributed by atoms with E-state index >= 15 is 0 Å². The molecule has 8 heteroatoms. The second kappa shape index (κ2) is 9.62. The van der Waals surface area contributed by atoms with Gasteiger partial charge in [0.2, 0.25) is 0 Å². The standard InChI is InChI=1S/C30H33N5O3/c1-19-28(34(3)33-32-19)22-15-26-27(31-17-22)24-10-9-23(30(2,37)18-36)16-25(24)35(26)29(20-7-5-4-6-8-20)21-11-13-38-14-12-21/h4-10,15-17,21,29,36-37H,11-14,18H2,1-3H3/t29-,30?/m1/s1. The molecule has 8 nitrogen and oxygen atoms in total. The topological polar surface area (TPSA) is 98.2 Å². The zero-order valence-electron chi connectivity index (χ0n) is 22.0. The summed E-state index contributed by atoms with van der Waals surface area (Å²) >= 11 is 0. The maximum absolute atomic E-state index is 10.9. The molecule has 5 aromatic rings. The van der Waals surface area contributed by atoms with E-state index in [0.29, 0.717) is 11.5 Å². The Bertz CT molecular complexity index is 1580. The minimum absolute atomic E-state index is 0.0391. The van der Waals surface area contributed by atoms with Gasteiger partial charge in [-0.05, 0) is 55.9 Å². The fourth-order valence-corrected chi connectivity index (χ4v) is 5.93. The van der Waals surface area contributed by atoms with Crippen LogP contribution < -0.4 is 0 Å². The van der Waals surface area contributed by atoms with Crippen LogP contribution in [0.15, 0.2) is 60.8 Å². The number of hydrogen-bond donors (Lipinski definition) is 2. The molecule has 38 heavy (non-hydrogen) atoms. The number of aliphatic hydroxyl groups excluding tert-OH is 1. The van der Waals surface area contributed by atoms with Crippen molar-refractivity contribution in [3.8, 4) is 11.3 Å². The van der Waals surface area contributed by atoms with Gasteiger partial charge < -0.3 is 19.5 Å². The number of aliphatic hydroxyl groups is 2. The number of aryl methyl sites for hydroxylation is 2. The van der Waals surface area contributed by atoms with Crippen LogP contribution in [-0.2, 0) is 17.4 Å². The van der Waals surface area contributed by atoms with E-state index < -0.39 is 5.60 Å². The van der Waals surface area contributed by atoms with Crippen LogP contribution in [0.4, 0.5) is 0 Å². The van der Waals surface area contributed by atoms with Crippen LogP contribution in [-0.4, -0.2) is 54.6 Å². The van der Waals surface area contributed by atoms with Gasteiger partial charge in [-0.2, -0.15) is 0 Å². The summed E-state index contributed by atoms with van der Waals surface area (Å²) in [7, 11) is 1.90. The van der Waals surface area contributed by atoms with Gasteiger partial charge in [0.05, 0.1) is 40.6 Å². The van der Waals surface area contributed by atoms with E-state index in [-0.39, 0.29) is 12.6 Å². The monoisotopic (exact) mass is 511 g/mol. The first-order valence-electron chi connectivity index (χ1n) is 13.2. The van der Waals surface area contributed by atoms with Gasteiger partial charge in [-0.15, -0.1) is 5.10 Å². The fourth-order valence-electron chi connectivity index (χ4n) is 5.93. The third kappa shape index (κ3) is 4.09. The van der Waals surface area contributed by atoms with Crippen molar-refractivity contribution in [2.45, 2.75) is 38.3 Å². The van der Waals surface area contributed by atoms with Crippen molar-refractivity contribution in [1.29, 1.82) is 0 Å². The number of nitrogens with zero attached hydrogens (tertiary/aromatic N) is 5. The number of pyridine rings is 1. The van der Waals surface area contributed by atoms with Gasteiger partial charge in [0.1, 0.15) is 5.60 Å². The lowest BCUT2D eigenvalue weighted by molar-refractivity contribution is -0.00220. The van der Waals surface area contributed by atoms with Crippen molar-refractivity contribution in [1.82, 2.24) is 24.5 Å². The molecule has 0 spiro atoms. The Morgan fingerprint density at radius 3 is 2.53 bits per heavy atom. The van der Waals surface area contributed by atoms with Crippen LogP contribution in [0.5, 0.6) is 0 Å². The Morgan fingerprint density at radius 1 is 1.08 bits per heavy atom. The summed E-state index contributed by atoms with van der Waals surface area (Å²) in [6.07, 6.45) is 3.79. The molecular weight excluding hydrogens is 478 g/mol. The molecular formula is C30H33N5O3. The smallest absolute Gasteiger partial charge is 0.110 e. The predicted molar refractivity (Wildman–Crippen MR) is 147 cm³/mol. The third-order valence-corrected chi connectivity index (χ3v) is 7.97. The zero-order chi connectivity index (χ0) is 26.4. The SMILES string of the molecule is Cc1nnn(C)c1-c1cnc2c3ccc(C(C)(O)CO)cc3n([C@H](c3ccccc3)C3CCOCC3)c2c1. The molecule has 2 aromatic carbocycles. The normalized spacial score (nSPS) is 17.2. The van der Waals surface area contributed by atoms with Gasteiger partial charge in [0, 0.05) is 37.4 Å². The Labute approximate surface area is 221 Å². The molecule has 1 unspecified atom stereocenters. The Hall–Kier alpha value is -3.59. The summed E-state index contributed by atoms with van der Waals surface area (Å²) in [6.45, 7) is 4.71. The van der Waals surface area contributed by atoms with Crippen molar-refractivity contribution in [2.75, 3.05) is 19.8 Å². The molecule has 0 saturated carbocycles. The number of aromatic nitrogens is 5. The van der Waals surface area contributed by atoms with E-state index in [1.807, 2.05) is 44.4 Å². The summed E-state index contributed by atoms with van der Waals surface area (Å²) in [5.41, 5.74) is 6.17. The Kier molecular flexibility index (Phi) is 6.26. The van der Waals surface area contributed by atoms with E-state index in [9.17, 15) is 10.2 Å². The number of rotatable bonds is 6. The van der Waals surface area contributed by atoms with Gasteiger partial charge in [-0.3, -0.25) is 4.98 Å². The molecule has 6 rings (SSSR count).